The van der Waals surface area contributed by atoms with E-state index in [9.17, 15) is 10.0 Å². The minimum atomic E-state index is -0.748. The van der Waals surface area contributed by atoms with Crippen LogP contribution in [0.1, 0.15) is 5.56 Å². The summed E-state index contributed by atoms with van der Waals surface area (Å²) in [6.45, 7) is 0. The first-order chi connectivity index (χ1) is 6.18. The van der Waals surface area contributed by atoms with Gasteiger partial charge in [-0.3, -0.25) is 0 Å². The molecule has 0 aliphatic carbocycles. The van der Waals surface area contributed by atoms with Crippen molar-refractivity contribution in [2.75, 3.05) is 0 Å². The van der Waals surface area contributed by atoms with Crippen LogP contribution in [0.3, 0.4) is 0 Å². The highest BCUT2D eigenvalue weighted by Crippen LogP contribution is 1.87. The highest BCUT2D eigenvalue weighted by Gasteiger charge is 1.92. The smallest absolute Gasteiger partial charge is 0.332 e. The van der Waals surface area contributed by atoms with Crippen molar-refractivity contribution in [3.63, 3.8) is 0 Å². The van der Waals surface area contributed by atoms with Crippen molar-refractivity contribution in [3.8, 4) is 0 Å². The molecule has 6 heteroatoms. The molecule has 1 rings (SSSR count). The first-order valence-electron chi connectivity index (χ1n) is 3.46. The van der Waals surface area contributed by atoms with Crippen LogP contribution < -0.4 is 15.9 Å². The van der Waals surface area contributed by atoms with Gasteiger partial charge in [-0.2, -0.15) is 9.83 Å². The summed E-state index contributed by atoms with van der Waals surface area (Å²) in [5.41, 5.74) is 7.34. The van der Waals surface area contributed by atoms with Crippen LogP contribution in [0.25, 0.3) is 0 Å². The fourth-order valence-electron chi connectivity index (χ4n) is 0.719. The second kappa shape index (κ2) is 4.05. The second-order valence-electron chi connectivity index (χ2n) is 2.23. The van der Waals surface area contributed by atoms with Crippen LogP contribution in [0, 0.1) is 5.21 Å². The van der Waals surface area contributed by atoms with E-state index in [1.54, 1.807) is 12.1 Å². The molecule has 0 atom stereocenters. The molecular weight excluding hydrogens is 172 g/mol. The molecule has 6 nitrogen and oxygen atoms in total. The van der Waals surface area contributed by atoms with Crippen molar-refractivity contribution < 1.29 is 9.52 Å². The van der Waals surface area contributed by atoms with Gasteiger partial charge in [0, 0.05) is 6.07 Å². The van der Waals surface area contributed by atoms with Crippen molar-refractivity contribution in [1.82, 2.24) is 5.43 Å². The standard InChI is InChI=1S/C7H8N4O2/c8-7(12)10-9-4-6-2-1-3-11(13)5-6/h1-5H,(H3,8,10,12)/b9-4+. The van der Waals surface area contributed by atoms with Gasteiger partial charge in [0.25, 0.3) is 0 Å². The summed E-state index contributed by atoms with van der Waals surface area (Å²) in [5.74, 6) is 0. The van der Waals surface area contributed by atoms with Gasteiger partial charge >= 0.3 is 6.03 Å². The second-order valence-corrected chi connectivity index (χ2v) is 2.23. The number of rotatable bonds is 2. The number of nitrogens with two attached hydrogens (primary N) is 1. The van der Waals surface area contributed by atoms with E-state index in [2.05, 4.69) is 5.10 Å². The van der Waals surface area contributed by atoms with Gasteiger partial charge in [-0.05, 0) is 6.07 Å². The van der Waals surface area contributed by atoms with E-state index in [-0.39, 0.29) is 0 Å². The SMILES string of the molecule is NC(=O)N/N=C/c1ccc[n+]([O-])c1. The molecule has 13 heavy (non-hydrogen) atoms. The monoisotopic (exact) mass is 180 g/mol. The highest BCUT2D eigenvalue weighted by molar-refractivity contribution is 5.80. The Morgan fingerprint density at radius 1 is 1.77 bits per heavy atom. The number of primary amides is 1. The number of aromatic nitrogens is 1. The Labute approximate surface area is 74.3 Å². The first-order valence-corrected chi connectivity index (χ1v) is 3.46. The molecular formula is C7H8N4O2. The fourth-order valence-corrected chi connectivity index (χ4v) is 0.719. The zero-order valence-electron chi connectivity index (χ0n) is 6.68. The number of hydrogen-bond donors (Lipinski definition) is 2. The average Bonchev–Trinajstić information content (AvgIpc) is 2.03. The van der Waals surface area contributed by atoms with Crippen molar-refractivity contribution in [1.29, 1.82) is 0 Å². The summed E-state index contributed by atoms with van der Waals surface area (Å²) in [7, 11) is 0. The number of pyridine rings is 1. The van der Waals surface area contributed by atoms with Gasteiger partial charge < -0.3 is 10.9 Å². The van der Waals surface area contributed by atoms with Crippen molar-refractivity contribution in [2.24, 2.45) is 10.8 Å². The van der Waals surface area contributed by atoms with Crippen LogP contribution in [0.5, 0.6) is 0 Å². The number of hydrogen-bond acceptors (Lipinski definition) is 3. The summed E-state index contributed by atoms with van der Waals surface area (Å²) >= 11 is 0. The van der Waals surface area contributed by atoms with Crippen LogP contribution in [0.2, 0.25) is 0 Å². The van der Waals surface area contributed by atoms with E-state index in [0.29, 0.717) is 10.3 Å². The fraction of sp³-hybridized carbons (Fsp3) is 0. The van der Waals surface area contributed by atoms with E-state index >= 15 is 0 Å². The van der Waals surface area contributed by atoms with Gasteiger partial charge in [0.2, 0.25) is 0 Å². The van der Waals surface area contributed by atoms with Gasteiger partial charge in [0.15, 0.2) is 12.4 Å². The predicted molar refractivity (Wildman–Crippen MR) is 45.7 cm³/mol. The molecule has 3 N–H and O–H groups in total. The maximum absolute atomic E-state index is 10.7. The molecule has 0 fully saturated rings. The van der Waals surface area contributed by atoms with Gasteiger partial charge in [-0.25, -0.2) is 10.2 Å². The number of nitrogens with one attached hydrogen (secondary N) is 1. The highest BCUT2D eigenvalue weighted by atomic mass is 16.5. The largest absolute Gasteiger partial charge is 0.619 e. The summed E-state index contributed by atoms with van der Waals surface area (Å²) in [5, 5.41) is 14.2. The molecule has 0 saturated carbocycles. The van der Waals surface area contributed by atoms with Gasteiger partial charge in [-0.15, -0.1) is 0 Å². The molecule has 1 heterocycles. The molecule has 0 spiro atoms. The lowest BCUT2D eigenvalue weighted by Gasteiger charge is -1.95. The summed E-state index contributed by atoms with van der Waals surface area (Å²) < 4.78 is 0.631. The molecule has 68 valence electrons. The third-order valence-corrected chi connectivity index (χ3v) is 1.19. The van der Waals surface area contributed by atoms with Gasteiger partial charge in [0.05, 0.1) is 11.8 Å². The molecule has 0 saturated heterocycles. The number of urea groups is 1. The topological polar surface area (TPSA) is 94.4 Å². The Bertz CT molecular complexity index is 337. The summed E-state index contributed by atoms with van der Waals surface area (Å²) in [4.78, 5) is 10.2. The zero-order chi connectivity index (χ0) is 9.68. The maximum Gasteiger partial charge on any atom is 0.332 e. The van der Waals surface area contributed by atoms with Crippen LogP contribution in [-0.4, -0.2) is 12.2 Å². The first kappa shape index (κ1) is 8.98. The van der Waals surface area contributed by atoms with E-state index in [0.717, 1.165) is 0 Å². The molecule has 0 aliphatic rings. The van der Waals surface area contributed by atoms with Crippen LogP contribution in [-0.2, 0) is 0 Å². The van der Waals surface area contributed by atoms with Crippen LogP contribution in [0.4, 0.5) is 4.79 Å². The van der Waals surface area contributed by atoms with E-state index in [4.69, 9.17) is 5.73 Å². The quantitative estimate of drug-likeness (QED) is 0.273. The Morgan fingerprint density at radius 3 is 3.15 bits per heavy atom. The number of amides is 2. The van der Waals surface area contributed by atoms with Crippen molar-refractivity contribution in [3.05, 3.63) is 35.3 Å². The van der Waals surface area contributed by atoms with Crippen LogP contribution >= 0.6 is 0 Å². The average molecular weight is 180 g/mol. The minimum absolute atomic E-state index is 0.575. The van der Waals surface area contributed by atoms with Crippen molar-refractivity contribution >= 4 is 12.2 Å². The number of carbonyl (C=O) groups excluding carboxylic acids is 1. The number of carbonyl (C=O) groups is 1. The Morgan fingerprint density at radius 2 is 2.54 bits per heavy atom. The Hall–Kier alpha value is -2.11. The summed E-state index contributed by atoms with van der Waals surface area (Å²) in [6, 6.07) is 2.49. The molecule has 0 bridgehead atoms. The predicted octanol–water partition coefficient (Wildman–Crippen LogP) is -0.678. The van der Waals surface area contributed by atoms with Gasteiger partial charge in [0.1, 0.15) is 0 Å². The molecule has 0 aliphatic heterocycles. The van der Waals surface area contributed by atoms with E-state index in [1.165, 1.54) is 18.6 Å². The van der Waals surface area contributed by atoms with E-state index < -0.39 is 6.03 Å². The van der Waals surface area contributed by atoms with E-state index in [1.807, 2.05) is 5.43 Å². The number of nitrogens with zero attached hydrogens (tertiary/aromatic N) is 2. The number of hydrazone groups is 1. The van der Waals surface area contributed by atoms with Crippen molar-refractivity contribution in [2.45, 2.75) is 0 Å². The molecule has 2 amide bonds. The van der Waals surface area contributed by atoms with Crippen LogP contribution in [0.15, 0.2) is 29.6 Å². The lowest BCUT2D eigenvalue weighted by molar-refractivity contribution is -0.605. The Kier molecular flexibility index (Phi) is 2.80. The molecule has 0 radical (unpaired) electrons. The third-order valence-electron chi connectivity index (χ3n) is 1.19. The zero-order valence-corrected chi connectivity index (χ0v) is 6.68. The molecule has 1 aromatic rings. The molecule has 0 aromatic carbocycles. The normalized spacial score (nSPS) is 10.2. The Balaban J connectivity index is 2.63. The minimum Gasteiger partial charge on any atom is -0.619 e. The molecule has 0 unspecified atom stereocenters. The lowest BCUT2D eigenvalue weighted by Crippen LogP contribution is -2.26. The molecule has 1 aromatic heterocycles. The maximum atomic E-state index is 10.7. The summed E-state index contributed by atoms with van der Waals surface area (Å²) in [6.07, 6.45) is 3.98. The third kappa shape index (κ3) is 3.19. The van der Waals surface area contributed by atoms with Gasteiger partial charge in [-0.1, -0.05) is 0 Å². The lowest BCUT2D eigenvalue weighted by atomic mass is 10.3.